The molecule has 0 aliphatic carbocycles. The van der Waals surface area contributed by atoms with Crippen molar-refractivity contribution < 1.29 is 4.79 Å². The number of H-pyrrole nitrogens is 1. The van der Waals surface area contributed by atoms with Crippen molar-refractivity contribution in [3.63, 3.8) is 0 Å². The zero-order valence-electron chi connectivity index (χ0n) is 14.2. The Morgan fingerprint density at radius 2 is 2.23 bits per heavy atom. The zero-order valence-corrected chi connectivity index (χ0v) is 14.9. The third-order valence-corrected chi connectivity index (χ3v) is 4.21. The minimum absolute atomic E-state index is 0.216. The predicted octanol–water partition coefficient (Wildman–Crippen LogP) is 2.79. The molecular formula is C18H17ClN6O. The molecule has 3 aromatic rings. The monoisotopic (exact) mass is 368 g/mol. The van der Waals surface area contributed by atoms with Crippen molar-refractivity contribution in [2.45, 2.75) is 19.9 Å². The van der Waals surface area contributed by atoms with Crippen LogP contribution in [-0.2, 0) is 13.0 Å². The van der Waals surface area contributed by atoms with E-state index in [4.69, 9.17) is 16.9 Å². The van der Waals surface area contributed by atoms with Gasteiger partial charge in [0.1, 0.15) is 11.8 Å². The summed E-state index contributed by atoms with van der Waals surface area (Å²) in [5.41, 5.74) is 3.33. The highest BCUT2D eigenvalue weighted by molar-refractivity contribution is 6.32. The van der Waals surface area contributed by atoms with Crippen LogP contribution in [0.1, 0.15) is 28.7 Å². The number of rotatable bonds is 6. The Morgan fingerprint density at radius 3 is 2.92 bits per heavy atom. The molecule has 0 unspecified atom stereocenters. The highest BCUT2D eigenvalue weighted by Crippen LogP contribution is 2.24. The number of carbonyl (C=O) groups excluding carboxylic acids is 1. The maximum absolute atomic E-state index is 12.0. The van der Waals surface area contributed by atoms with E-state index in [2.05, 4.69) is 20.6 Å². The van der Waals surface area contributed by atoms with Gasteiger partial charge in [0.2, 0.25) is 0 Å². The molecule has 2 N–H and O–H groups in total. The first-order chi connectivity index (χ1) is 12.6. The average Bonchev–Trinajstić information content (AvgIpc) is 3.31. The molecule has 0 fully saturated rings. The van der Waals surface area contributed by atoms with Crippen LogP contribution in [0.25, 0.3) is 11.3 Å². The third-order valence-electron chi connectivity index (χ3n) is 3.90. The summed E-state index contributed by atoms with van der Waals surface area (Å²) in [6, 6.07) is 10.8. The molecule has 3 rings (SSSR count). The number of aromatic nitrogens is 4. The van der Waals surface area contributed by atoms with E-state index < -0.39 is 0 Å². The molecule has 7 nitrogen and oxygen atoms in total. The first-order valence-electron chi connectivity index (χ1n) is 8.16. The first kappa shape index (κ1) is 17.7. The maximum atomic E-state index is 12.0. The highest BCUT2D eigenvalue weighted by Gasteiger charge is 2.10. The van der Waals surface area contributed by atoms with Crippen LogP contribution in [0, 0.1) is 11.3 Å². The Labute approximate surface area is 155 Å². The van der Waals surface area contributed by atoms with Crippen molar-refractivity contribution in [3.8, 4) is 17.3 Å². The van der Waals surface area contributed by atoms with Crippen molar-refractivity contribution in [1.29, 1.82) is 5.26 Å². The Balaban J connectivity index is 1.58. The Bertz CT molecular complexity index is 968. The number of halogens is 1. The molecule has 2 heterocycles. The minimum atomic E-state index is -0.216. The summed E-state index contributed by atoms with van der Waals surface area (Å²) in [6.07, 6.45) is 2.63. The van der Waals surface area contributed by atoms with E-state index >= 15 is 0 Å². The number of nitrogens with one attached hydrogen (secondary N) is 2. The molecule has 1 amide bonds. The zero-order chi connectivity index (χ0) is 18.5. The van der Waals surface area contributed by atoms with Crippen LogP contribution < -0.4 is 5.32 Å². The molecule has 0 saturated heterocycles. The second kappa shape index (κ2) is 7.85. The van der Waals surface area contributed by atoms with Gasteiger partial charge in [-0.15, -0.1) is 0 Å². The number of aromatic amines is 1. The summed E-state index contributed by atoms with van der Waals surface area (Å²) >= 11 is 6.06. The van der Waals surface area contributed by atoms with E-state index in [1.165, 1.54) is 0 Å². The summed E-state index contributed by atoms with van der Waals surface area (Å²) in [4.78, 5) is 12.0. The fourth-order valence-electron chi connectivity index (χ4n) is 2.44. The van der Waals surface area contributed by atoms with Gasteiger partial charge >= 0.3 is 0 Å². The van der Waals surface area contributed by atoms with Crippen LogP contribution in [0.3, 0.4) is 0 Å². The number of nitrogens with zero attached hydrogens (tertiary/aromatic N) is 4. The normalized spacial score (nSPS) is 10.5. The van der Waals surface area contributed by atoms with Crippen molar-refractivity contribution in [2.24, 2.45) is 0 Å². The summed E-state index contributed by atoms with van der Waals surface area (Å²) in [5.74, 6) is -0.216. The van der Waals surface area contributed by atoms with Crippen LogP contribution >= 0.6 is 11.6 Å². The van der Waals surface area contributed by atoms with Gasteiger partial charge in [-0.05, 0) is 30.7 Å². The average molecular weight is 369 g/mol. The second-order valence-electron chi connectivity index (χ2n) is 5.66. The lowest BCUT2D eigenvalue weighted by atomic mass is 10.1. The van der Waals surface area contributed by atoms with Gasteiger partial charge in [0.05, 0.1) is 22.8 Å². The maximum Gasteiger partial charge on any atom is 0.271 e. The van der Waals surface area contributed by atoms with Gasteiger partial charge in [-0.3, -0.25) is 14.6 Å². The standard InChI is InChI=1S/C18H17ClN6O/c1-2-14-10-17(23-22-14)18(26)21-6-8-25-7-5-16(24-25)12-3-4-13(11-20)15(19)9-12/h3-5,7,9-10H,2,6,8H2,1H3,(H,21,26)(H,22,23). The molecule has 26 heavy (non-hydrogen) atoms. The van der Waals surface area contributed by atoms with Gasteiger partial charge in [-0.1, -0.05) is 24.6 Å². The van der Waals surface area contributed by atoms with Gasteiger partial charge < -0.3 is 5.32 Å². The highest BCUT2D eigenvalue weighted by atomic mass is 35.5. The van der Waals surface area contributed by atoms with Gasteiger partial charge in [0, 0.05) is 24.0 Å². The van der Waals surface area contributed by atoms with E-state index in [9.17, 15) is 4.79 Å². The molecule has 8 heteroatoms. The summed E-state index contributed by atoms with van der Waals surface area (Å²) in [5, 5.41) is 23.4. The molecule has 2 aromatic heterocycles. The fourth-order valence-corrected chi connectivity index (χ4v) is 2.66. The number of carbonyl (C=O) groups is 1. The lowest BCUT2D eigenvalue weighted by molar-refractivity contribution is 0.0947. The molecule has 0 atom stereocenters. The number of amides is 1. The van der Waals surface area contributed by atoms with Crippen molar-refractivity contribution in [1.82, 2.24) is 25.3 Å². The summed E-state index contributed by atoms with van der Waals surface area (Å²) in [6.45, 7) is 2.95. The Kier molecular flexibility index (Phi) is 5.34. The lowest BCUT2D eigenvalue weighted by Gasteiger charge is -2.04. The van der Waals surface area contributed by atoms with Crippen LogP contribution in [0.2, 0.25) is 5.02 Å². The molecule has 0 aliphatic rings. The molecule has 0 bridgehead atoms. The molecule has 1 aromatic carbocycles. The molecule has 0 aliphatic heterocycles. The van der Waals surface area contributed by atoms with Crippen LogP contribution in [0.4, 0.5) is 0 Å². The predicted molar refractivity (Wildman–Crippen MR) is 97.7 cm³/mol. The smallest absolute Gasteiger partial charge is 0.271 e. The van der Waals surface area contributed by atoms with E-state index in [0.29, 0.717) is 29.4 Å². The molecule has 0 radical (unpaired) electrons. The molecule has 0 saturated carbocycles. The van der Waals surface area contributed by atoms with Gasteiger partial charge in [-0.25, -0.2) is 0 Å². The van der Waals surface area contributed by atoms with E-state index in [1.807, 2.05) is 31.3 Å². The van der Waals surface area contributed by atoms with E-state index in [-0.39, 0.29) is 5.91 Å². The Hall–Kier alpha value is -3.11. The largest absolute Gasteiger partial charge is 0.349 e. The summed E-state index contributed by atoms with van der Waals surface area (Å²) < 4.78 is 1.74. The molecule has 0 spiro atoms. The fraction of sp³-hybridized carbons (Fsp3) is 0.222. The summed E-state index contributed by atoms with van der Waals surface area (Å²) in [7, 11) is 0. The van der Waals surface area contributed by atoms with Gasteiger partial charge in [0.15, 0.2) is 0 Å². The number of benzene rings is 1. The van der Waals surface area contributed by atoms with Gasteiger partial charge in [-0.2, -0.15) is 15.5 Å². The molecular weight excluding hydrogens is 352 g/mol. The number of hydrogen-bond donors (Lipinski definition) is 2. The van der Waals surface area contributed by atoms with Crippen LogP contribution in [0.15, 0.2) is 36.5 Å². The lowest BCUT2D eigenvalue weighted by Crippen LogP contribution is -2.27. The van der Waals surface area contributed by atoms with Crippen LogP contribution in [0.5, 0.6) is 0 Å². The molecule has 132 valence electrons. The van der Waals surface area contributed by atoms with Crippen molar-refractivity contribution >= 4 is 17.5 Å². The topological polar surface area (TPSA) is 99.4 Å². The van der Waals surface area contributed by atoms with E-state index in [0.717, 1.165) is 23.4 Å². The number of hydrogen-bond acceptors (Lipinski definition) is 4. The second-order valence-corrected chi connectivity index (χ2v) is 6.07. The number of aryl methyl sites for hydroxylation is 1. The van der Waals surface area contributed by atoms with Crippen LogP contribution in [-0.4, -0.2) is 32.4 Å². The minimum Gasteiger partial charge on any atom is -0.349 e. The van der Waals surface area contributed by atoms with Crippen molar-refractivity contribution in [3.05, 3.63) is 58.5 Å². The van der Waals surface area contributed by atoms with E-state index in [1.54, 1.807) is 22.9 Å². The first-order valence-corrected chi connectivity index (χ1v) is 8.54. The Morgan fingerprint density at radius 1 is 1.38 bits per heavy atom. The third kappa shape index (κ3) is 3.92. The quantitative estimate of drug-likeness (QED) is 0.698. The SMILES string of the molecule is CCc1cc(C(=O)NCCn2ccc(-c3ccc(C#N)c(Cl)c3)n2)n[nH]1. The van der Waals surface area contributed by atoms with Gasteiger partial charge in [0.25, 0.3) is 5.91 Å². The number of nitriles is 1. The van der Waals surface area contributed by atoms with Crippen molar-refractivity contribution in [2.75, 3.05) is 6.54 Å².